The average molecular weight is 244 g/mol. The first kappa shape index (κ1) is 12.9. The standard InChI is InChI=1S/C15H20N2O/c1-17(2)15-8-7-12(14(16)9-10-18)11-5-3-4-6-13(11)15/h3-8,14,18H,9-10,16H2,1-2H3. The van der Waals surface area contributed by atoms with Gasteiger partial charge in [-0.25, -0.2) is 0 Å². The molecule has 0 aliphatic heterocycles. The van der Waals surface area contributed by atoms with Crippen molar-refractivity contribution >= 4 is 16.5 Å². The van der Waals surface area contributed by atoms with Crippen LogP contribution in [-0.2, 0) is 0 Å². The third-order valence-corrected chi connectivity index (χ3v) is 3.26. The van der Waals surface area contributed by atoms with Crippen molar-refractivity contribution in [2.45, 2.75) is 12.5 Å². The van der Waals surface area contributed by atoms with E-state index in [1.165, 1.54) is 16.5 Å². The van der Waals surface area contributed by atoms with Crippen LogP contribution in [0.3, 0.4) is 0 Å². The fourth-order valence-electron chi connectivity index (χ4n) is 2.31. The lowest BCUT2D eigenvalue weighted by Gasteiger charge is -2.20. The van der Waals surface area contributed by atoms with E-state index in [0.29, 0.717) is 6.42 Å². The Kier molecular flexibility index (Phi) is 3.84. The lowest BCUT2D eigenvalue weighted by Crippen LogP contribution is -2.14. The van der Waals surface area contributed by atoms with Crippen molar-refractivity contribution in [1.29, 1.82) is 0 Å². The zero-order chi connectivity index (χ0) is 13.1. The molecule has 0 aromatic heterocycles. The number of anilines is 1. The second-order valence-corrected chi connectivity index (χ2v) is 4.73. The maximum absolute atomic E-state index is 9.02. The minimum atomic E-state index is -0.115. The highest BCUT2D eigenvalue weighted by Crippen LogP contribution is 2.31. The van der Waals surface area contributed by atoms with Gasteiger partial charge in [-0.05, 0) is 23.4 Å². The number of rotatable bonds is 4. The molecule has 0 radical (unpaired) electrons. The number of hydrogen-bond acceptors (Lipinski definition) is 3. The first-order chi connectivity index (χ1) is 8.65. The van der Waals surface area contributed by atoms with Crippen molar-refractivity contribution in [3.8, 4) is 0 Å². The van der Waals surface area contributed by atoms with E-state index in [9.17, 15) is 0 Å². The van der Waals surface area contributed by atoms with Crippen molar-refractivity contribution in [3.63, 3.8) is 0 Å². The van der Waals surface area contributed by atoms with Crippen LogP contribution < -0.4 is 10.6 Å². The maximum Gasteiger partial charge on any atom is 0.0449 e. The van der Waals surface area contributed by atoms with Crippen molar-refractivity contribution < 1.29 is 5.11 Å². The third kappa shape index (κ3) is 2.33. The van der Waals surface area contributed by atoms with Crippen LogP contribution in [0.1, 0.15) is 18.0 Å². The Bertz CT molecular complexity index is 537. The van der Waals surface area contributed by atoms with Crippen LogP contribution in [0.2, 0.25) is 0 Å². The summed E-state index contributed by atoms with van der Waals surface area (Å²) in [6.07, 6.45) is 0.589. The molecule has 2 aromatic carbocycles. The van der Waals surface area contributed by atoms with E-state index in [-0.39, 0.29) is 12.6 Å². The first-order valence-corrected chi connectivity index (χ1v) is 6.20. The van der Waals surface area contributed by atoms with Gasteiger partial charge >= 0.3 is 0 Å². The van der Waals surface area contributed by atoms with Crippen LogP contribution in [0, 0.1) is 0 Å². The monoisotopic (exact) mass is 244 g/mol. The fraction of sp³-hybridized carbons (Fsp3) is 0.333. The van der Waals surface area contributed by atoms with Crippen LogP contribution in [0.5, 0.6) is 0 Å². The van der Waals surface area contributed by atoms with Gasteiger partial charge in [-0.3, -0.25) is 0 Å². The van der Waals surface area contributed by atoms with Crippen LogP contribution in [0.25, 0.3) is 10.8 Å². The molecule has 3 N–H and O–H groups in total. The van der Waals surface area contributed by atoms with Crippen LogP contribution in [0.4, 0.5) is 5.69 Å². The molecular formula is C15H20N2O. The molecule has 0 heterocycles. The zero-order valence-corrected chi connectivity index (χ0v) is 10.9. The highest BCUT2D eigenvalue weighted by Gasteiger charge is 2.12. The summed E-state index contributed by atoms with van der Waals surface area (Å²) in [5, 5.41) is 11.4. The predicted molar refractivity (Wildman–Crippen MR) is 76.9 cm³/mol. The Morgan fingerprint density at radius 2 is 1.78 bits per heavy atom. The molecule has 96 valence electrons. The van der Waals surface area contributed by atoms with Crippen LogP contribution in [-0.4, -0.2) is 25.8 Å². The summed E-state index contributed by atoms with van der Waals surface area (Å²) in [6, 6.07) is 12.3. The molecule has 3 nitrogen and oxygen atoms in total. The molecule has 2 rings (SSSR count). The molecular weight excluding hydrogens is 224 g/mol. The Morgan fingerprint density at radius 3 is 2.39 bits per heavy atom. The van der Waals surface area contributed by atoms with Gasteiger partial charge in [0.2, 0.25) is 0 Å². The van der Waals surface area contributed by atoms with Crippen molar-refractivity contribution in [1.82, 2.24) is 0 Å². The van der Waals surface area contributed by atoms with E-state index in [2.05, 4.69) is 29.2 Å². The Balaban J connectivity index is 2.60. The number of nitrogens with zero attached hydrogens (tertiary/aromatic N) is 1. The number of hydrogen-bond donors (Lipinski definition) is 2. The number of benzene rings is 2. The van der Waals surface area contributed by atoms with E-state index >= 15 is 0 Å². The molecule has 0 saturated heterocycles. The van der Waals surface area contributed by atoms with Gasteiger partial charge in [0, 0.05) is 37.8 Å². The first-order valence-electron chi connectivity index (χ1n) is 6.20. The van der Waals surface area contributed by atoms with Crippen LogP contribution in [0.15, 0.2) is 36.4 Å². The maximum atomic E-state index is 9.02. The zero-order valence-electron chi connectivity index (χ0n) is 10.9. The quantitative estimate of drug-likeness (QED) is 0.867. The van der Waals surface area contributed by atoms with E-state index in [1.54, 1.807) is 0 Å². The van der Waals surface area contributed by atoms with Gasteiger partial charge in [0.05, 0.1) is 0 Å². The molecule has 0 saturated carbocycles. The normalized spacial score (nSPS) is 12.7. The highest BCUT2D eigenvalue weighted by molar-refractivity contribution is 5.96. The summed E-state index contributed by atoms with van der Waals surface area (Å²) in [4.78, 5) is 2.10. The van der Waals surface area contributed by atoms with Gasteiger partial charge < -0.3 is 15.7 Å². The van der Waals surface area contributed by atoms with E-state index in [4.69, 9.17) is 10.8 Å². The molecule has 0 spiro atoms. The second-order valence-electron chi connectivity index (χ2n) is 4.73. The SMILES string of the molecule is CN(C)c1ccc(C(N)CCO)c2ccccc12. The van der Waals surface area contributed by atoms with Gasteiger partial charge in [-0.2, -0.15) is 0 Å². The topological polar surface area (TPSA) is 49.5 Å². The number of aliphatic hydroxyl groups excluding tert-OH is 1. The minimum Gasteiger partial charge on any atom is -0.396 e. The summed E-state index contributed by atoms with van der Waals surface area (Å²) >= 11 is 0. The Hall–Kier alpha value is -1.58. The average Bonchev–Trinajstić information content (AvgIpc) is 2.37. The molecule has 0 bridgehead atoms. The lowest BCUT2D eigenvalue weighted by atomic mass is 9.96. The van der Waals surface area contributed by atoms with Gasteiger partial charge in [0.1, 0.15) is 0 Å². The van der Waals surface area contributed by atoms with Crippen LogP contribution >= 0.6 is 0 Å². The number of aliphatic hydroxyl groups is 1. The van der Waals surface area contributed by atoms with Crippen molar-refractivity contribution in [3.05, 3.63) is 42.0 Å². The van der Waals surface area contributed by atoms with E-state index in [1.807, 2.05) is 26.2 Å². The summed E-state index contributed by atoms with van der Waals surface area (Å²) in [5.74, 6) is 0. The molecule has 3 heteroatoms. The smallest absolute Gasteiger partial charge is 0.0449 e. The molecule has 0 amide bonds. The van der Waals surface area contributed by atoms with Gasteiger partial charge in [-0.15, -0.1) is 0 Å². The lowest BCUT2D eigenvalue weighted by molar-refractivity contribution is 0.277. The molecule has 1 atom stereocenters. The second kappa shape index (κ2) is 5.38. The number of fused-ring (bicyclic) bond motifs is 1. The minimum absolute atomic E-state index is 0.115. The summed E-state index contributed by atoms with van der Waals surface area (Å²) in [7, 11) is 4.07. The van der Waals surface area contributed by atoms with Crippen molar-refractivity contribution in [2.75, 3.05) is 25.6 Å². The summed E-state index contributed by atoms with van der Waals surface area (Å²) in [5.41, 5.74) is 8.41. The van der Waals surface area contributed by atoms with Gasteiger partial charge in [-0.1, -0.05) is 30.3 Å². The Morgan fingerprint density at radius 1 is 1.11 bits per heavy atom. The molecule has 2 aromatic rings. The molecule has 0 aliphatic carbocycles. The molecule has 18 heavy (non-hydrogen) atoms. The summed E-state index contributed by atoms with van der Waals surface area (Å²) in [6.45, 7) is 0.116. The third-order valence-electron chi connectivity index (χ3n) is 3.26. The molecule has 0 fully saturated rings. The predicted octanol–water partition coefficient (Wildman–Crippen LogP) is 2.29. The summed E-state index contributed by atoms with van der Waals surface area (Å²) < 4.78 is 0. The van der Waals surface area contributed by atoms with Crippen molar-refractivity contribution in [2.24, 2.45) is 5.73 Å². The van der Waals surface area contributed by atoms with E-state index in [0.717, 1.165) is 5.56 Å². The number of nitrogens with two attached hydrogens (primary N) is 1. The van der Waals surface area contributed by atoms with Gasteiger partial charge in [0.25, 0.3) is 0 Å². The van der Waals surface area contributed by atoms with Gasteiger partial charge in [0.15, 0.2) is 0 Å². The largest absolute Gasteiger partial charge is 0.396 e. The molecule has 0 aliphatic rings. The Labute approximate surface area is 108 Å². The fourth-order valence-corrected chi connectivity index (χ4v) is 2.31. The molecule has 1 unspecified atom stereocenters. The van der Waals surface area contributed by atoms with E-state index < -0.39 is 0 Å². The highest BCUT2D eigenvalue weighted by atomic mass is 16.3.